The van der Waals surface area contributed by atoms with Gasteiger partial charge >= 0.3 is 0 Å². The summed E-state index contributed by atoms with van der Waals surface area (Å²) in [6, 6.07) is 7.06. The van der Waals surface area contributed by atoms with Crippen LogP contribution in [0.1, 0.15) is 15.9 Å². The molecule has 0 spiro atoms. The molecule has 0 fully saturated rings. The van der Waals surface area contributed by atoms with Crippen LogP contribution in [0, 0.1) is 17.5 Å². The summed E-state index contributed by atoms with van der Waals surface area (Å²) >= 11 is 1.37. The van der Waals surface area contributed by atoms with Gasteiger partial charge in [0, 0.05) is 27.3 Å². The summed E-state index contributed by atoms with van der Waals surface area (Å²) in [6.45, 7) is 0. The van der Waals surface area contributed by atoms with Crippen molar-refractivity contribution in [3.8, 4) is 0 Å². The first-order valence-corrected chi connectivity index (χ1v) is 7.16. The molecule has 5 heteroatoms. The fraction of sp³-hybridized carbons (Fsp3) is 0.0625. The first kappa shape index (κ1) is 13.9. The summed E-state index contributed by atoms with van der Waals surface area (Å²) in [6.07, 6.45) is 1.32. The van der Waals surface area contributed by atoms with Crippen molar-refractivity contribution >= 4 is 23.6 Å². The average Bonchev–Trinajstić information content (AvgIpc) is 2.46. The van der Waals surface area contributed by atoms with E-state index in [1.807, 2.05) is 0 Å². The number of benzene rings is 2. The Morgan fingerprint density at radius 3 is 2.52 bits per heavy atom. The van der Waals surface area contributed by atoms with Crippen LogP contribution in [0.3, 0.4) is 0 Å². The van der Waals surface area contributed by atoms with Crippen LogP contribution in [0.5, 0.6) is 0 Å². The third-order valence-electron chi connectivity index (χ3n) is 3.15. The zero-order valence-corrected chi connectivity index (χ0v) is 11.5. The van der Waals surface area contributed by atoms with Crippen molar-refractivity contribution in [1.29, 1.82) is 0 Å². The third kappa shape index (κ3) is 2.74. The number of halogens is 3. The maximum absolute atomic E-state index is 13.6. The molecule has 0 atom stereocenters. The second-order valence-corrected chi connectivity index (χ2v) is 5.61. The molecule has 1 aliphatic rings. The van der Waals surface area contributed by atoms with Crippen molar-refractivity contribution in [2.45, 2.75) is 4.90 Å². The maximum Gasteiger partial charge on any atom is 0.191 e. The first-order chi connectivity index (χ1) is 10.0. The van der Waals surface area contributed by atoms with E-state index in [-0.39, 0.29) is 16.9 Å². The molecule has 1 heterocycles. The highest BCUT2D eigenvalue weighted by molar-refractivity contribution is 7.99. The van der Waals surface area contributed by atoms with E-state index >= 15 is 0 Å². The van der Waals surface area contributed by atoms with Crippen molar-refractivity contribution in [3.05, 3.63) is 70.5 Å². The lowest BCUT2D eigenvalue weighted by Crippen LogP contribution is -2.12. The molecule has 1 nitrogen and oxygen atoms in total. The highest BCUT2D eigenvalue weighted by atomic mass is 32.2. The molecule has 2 aromatic rings. The average molecular weight is 306 g/mol. The standard InChI is InChI=1S/C16H9F3OS/c17-11-1-3-14(19)9(6-11)5-10-8-21-15-4-2-12(18)7-13(15)16(10)20/h1-7H,8H2/b10-5+. The smallest absolute Gasteiger partial charge is 0.191 e. The van der Waals surface area contributed by atoms with E-state index in [9.17, 15) is 18.0 Å². The number of Topliss-reactive ketones (excluding diaryl/α,β-unsaturated/α-hetero) is 1. The Kier molecular flexibility index (Phi) is 3.59. The predicted octanol–water partition coefficient (Wildman–Crippen LogP) is 4.48. The monoisotopic (exact) mass is 306 g/mol. The van der Waals surface area contributed by atoms with E-state index in [2.05, 4.69) is 0 Å². The second-order valence-electron chi connectivity index (χ2n) is 4.59. The number of carbonyl (C=O) groups excluding carboxylic acids is 1. The van der Waals surface area contributed by atoms with Gasteiger partial charge in [-0.25, -0.2) is 13.2 Å². The molecule has 3 rings (SSSR count). The van der Waals surface area contributed by atoms with Gasteiger partial charge in [0.05, 0.1) is 0 Å². The Labute approximate surface area is 123 Å². The lowest BCUT2D eigenvalue weighted by molar-refractivity contribution is 0.103. The van der Waals surface area contributed by atoms with Gasteiger partial charge in [0.25, 0.3) is 0 Å². The molecule has 0 amide bonds. The SMILES string of the molecule is O=C1/C(=C/c2cc(F)ccc2F)CSc2ccc(F)cc21. The maximum atomic E-state index is 13.6. The summed E-state index contributed by atoms with van der Waals surface area (Å²) < 4.78 is 40.0. The van der Waals surface area contributed by atoms with E-state index in [0.29, 0.717) is 16.2 Å². The lowest BCUT2D eigenvalue weighted by atomic mass is 10.0. The summed E-state index contributed by atoms with van der Waals surface area (Å²) in [7, 11) is 0. The van der Waals surface area contributed by atoms with Crippen molar-refractivity contribution in [2.75, 3.05) is 5.75 Å². The van der Waals surface area contributed by atoms with Gasteiger partial charge in [-0.2, -0.15) is 0 Å². The molecule has 0 unspecified atom stereocenters. The van der Waals surface area contributed by atoms with Crippen LogP contribution in [0.15, 0.2) is 46.9 Å². The number of hydrogen-bond donors (Lipinski definition) is 0. The Balaban J connectivity index is 2.03. The molecule has 0 aromatic heterocycles. The van der Waals surface area contributed by atoms with E-state index in [1.165, 1.54) is 30.0 Å². The Hall–Kier alpha value is -2.01. The number of rotatable bonds is 1. The molecular weight excluding hydrogens is 297 g/mol. The largest absolute Gasteiger partial charge is 0.289 e. The molecule has 0 N–H and O–H groups in total. The van der Waals surface area contributed by atoms with Crippen LogP contribution in [0.25, 0.3) is 6.08 Å². The normalized spacial score (nSPS) is 16.1. The van der Waals surface area contributed by atoms with Gasteiger partial charge in [0.1, 0.15) is 17.5 Å². The molecule has 0 saturated heterocycles. The van der Waals surface area contributed by atoms with E-state index in [4.69, 9.17) is 0 Å². The molecule has 2 aromatic carbocycles. The van der Waals surface area contributed by atoms with Crippen molar-refractivity contribution in [1.82, 2.24) is 0 Å². The molecule has 1 aliphatic heterocycles. The minimum Gasteiger partial charge on any atom is -0.289 e. The summed E-state index contributed by atoms with van der Waals surface area (Å²) in [5, 5.41) is 0. The molecule has 0 saturated carbocycles. The van der Waals surface area contributed by atoms with Crippen LogP contribution in [0.4, 0.5) is 13.2 Å². The van der Waals surface area contributed by atoms with E-state index < -0.39 is 17.5 Å². The van der Waals surface area contributed by atoms with Crippen molar-refractivity contribution in [3.63, 3.8) is 0 Å². The summed E-state index contributed by atoms with van der Waals surface area (Å²) in [4.78, 5) is 13.0. The molecule has 0 bridgehead atoms. The number of ketones is 1. The molecular formula is C16H9F3OS. The number of fused-ring (bicyclic) bond motifs is 1. The quantitative estimate of drug-likeness (QED) is 0.723. The minimum absolute atomic E-state index is 0.0128. The summed E-state index contributed by atoms with van der Waals surface area (Å²) in [5.41, 5.74) is 0.593. The van der Waals surface area contributed by atoms with Crippen molar-refractivity contribution < 1.29 is 18.0 Å². The molecule has 0 radical (unpaired) electrons. The van der Waals surface area contributed by atoms with Crippen LogP contribution in [-0.2, 0) is 0 Å². The van der Waals surface area contributed by atoms with E-state index in [1.54, 1.807) is 6.07 Å². The number of hydrogen-bond acceptors (Lipinski definition) is 2. The predicted molar refractivity (Wildman–Crippen MR) is 75.8 cm³/mol. The number of carbonyl (C=O) groups is 1. The topological polar surface area (TPSA) is 17.1 Å². The van der Waals surface area contributed by atoms with E-state index in [0.717, 1.165) is 18.2 Å². The van der Waals surface area contributed by atoms with Gasteiger partial charge in [0.15, 0.2) is 5.78 Å². The summed E-state index contributed by atoms with van der Waals surface area (Å²) in [5.74, 6) is -1.70. The van der Waals surface area contributed by atoms with Gasteiger partial charge in [-0.05, 0) is 42.5 Å². The van der Waals surface area contributed by atoms with Crippen LogP contribution in [0.2, 0.25) is 0 Å². The highest BCUT2D eigenvalue weighted by Gasteiger charge is 2.23. The van der Waals surface area contributed by atoms with Gasteiger partial charge in [-0.3, -0.25) is 4.79 Å². The zero-order chi connectivity index (χ0) is 15.0. The second kappa shape index (κ2) is 5.41. The van der Waals surface area contributed by atoms with Gasteiger partial charge in [-0.15, -0.1) is 11.8 Å². The lowest BCUT2D eigenvalue weighted by Gasteiger charge is -2.17. The molecule has 21 heavy (non-hydrogen) atoms. The van der Waals surface area contributed by atoms with Gasteiger partial charge in [0.2, 0.25) is 0 Å². The van der Waals surface area contributed by atoms with Crippen LogP contribution >= 0.6 is 11.8 Å². The van der Waals surface area contributed by atoms with Gasteiger partial charge in [-0.1, -0.05) is 0 Å². The first-order valence-electron chi connectivity index (χ1n) is 6.17. The molecule has 0 aliphatic carbocycles. The zero-order valence-electron chi connectivity index (χ0n) is 10.7. The fourth-order valence-corrected chi connectivity index (χ4v) is 3.12. The Morgan fingerprint density at radius 1 is 1.00 bits per heavy atom. The Bertz CT molecular complexity index is 768. The van der Waals surface area contributed by atoms with Crippen LogP contribution in [-0.4, -0.2) is 11.5 Å². The number of thioether (sulfide) groups is 1. The molecule has 106 valence electrons. The van der Waals surface area contributed by atoms with Crippen molar-refractivity contribution in [2.24, 2.45) is 0 Å². The van der Waals surface area contributed by atoms with Crippen LogP contribution < -0.4 is 0 Å². The fourth-order valence-electron chi connectivity index (χ4n) is 2.12. The Morgan fingerprint density at radius 2 is 1.71 bits per heavy atom. The third-order valence-corrected chi connectivity index (χ3v) is 4.27. The van der Waals surface area contributed by atoms with Gasteiger partial charge < -0.3 is 0 Å². The highest BCUT2D eigenvalue weighted by Crippen LogP contribution is 2.34. The minimum atomic E-state index is -0.605.